The number of benzene rings is 1. The highest BCUT2D eigenvalue weighted by Gasteiger charge is 2.38. The third-order valence-electron chi connectivity index (χ3n) is 3.85. The summed E-state index contributed by atoms with van der Waals surface area (Å²) in [6, 6.07) is 8.33. The van der Waals surface area contributed by atoms with Gasteiger partial charge in [0.2, 0.25) is 5.91 Å². The molecule has 0 unspecified atom stereocenters. The minimum atomic E-state index is -0.617. The molecule has 1 aliphatic carbocycles. The van der Waals surface area contributed by atoms with E-state index in [0.29, 0.717) is 6.54 Å². The predicted molar refractivity (Wildman–Crippen MR) is 80.1 cm³/mol. The van der Waals surface area contributed by atoms with Crippen LogP contribution in [0.4, 0.5) is 0 Å². The number of amides is 1. The first-order valence-corrected chi connectivity index (χ1v) is 7.95. The van der Waals surface area contributed by atoms with Gasteiger partial charge in [-0.15, -0.1) is 11.8 Å². The summed E-state index contributed by atoms with van der Waals surface area (Å²) in [5.41, 5.74) is 6.74. The normalized spacial score (nSPS) is 17.4. The minimum absolute atomic E-state index is 0.0824. The number of carbonyl (C=O) groups excluding carboxylic acids is 1. The second kappa shape index (κ2) is 5.97. The van der Waals surface area contributed by atoms with Gasteiger partial charge in [-0.2, -0.15) is 0 Å². The van der Waals surface area contributed by atoms with Gasteiger partial charge < -0.3 is 10.6 Å². The lowest BCUT2D eigenvalue weighted by molar-refractivity contribution is -0.136. The molecule has 19 heavy (non-hydrogen) atoms. The summed E-state index contributed by atoms with van der Waals surface area (Å²) in [4.78, 5) is 15.4. The molecule has 4 heteroatoms. The van der Waals surface area contributed by atoms with Crippen LogP contribution in [-0.4, -0.2) is 29.6 Å². The van der Waals surface area contributed by atoms with Crippen LogP contribution in [0.25, 0.3) is 0 Å². The lowest BCUT2D eigenvalue weighted by Crippen LogP contribution is -2.52. The molecule has 2 rings (SSSR count). The first kappa shape index (κ1) is 14.4. The quantitative estimate of drug-likeness (QED) is 0.861. The van der Waals surface area contributed by atoms with Gasteiger partial charge in [0.1, 0.15) is 0 Å². The summed E-state index contributed by atoms with van der Waals surface area (Å²) >= 11 is 1.72. The highest BCUT2D eigenvalue weighted by Crippen LogP contribution is 2.29. The Hall–Kier alpha value is -1.00. The maximum Gasteiger partial charge on any atom is 0.242 e. The van der Waals surface area contributed by atoms with Crippen LogP contribution < -0.4 is 5.73 Å². The first-order valence-electron chi connectivity index (χ1n) is 6.72. The van der Waals surface area contributed by atoms with Crippen molar-refractivity contribution in [2.24, 2.45) is 5.73 Å². The second-order valence-electron chi connectivity index (χ2n) is 5.37. The molecule has 104 valence electrons. The number of rotatable bonds is 4. The Kier molecular flexibility index (Phi) is 4.53. The fraction of sp³-hybridized carbons (Fsp3) is 0.533. The molecular weight excluding hydrogens is 256 g/mol. The van der Waals surface area contributed by atoms with E-state index in [9.17, 15) is 4.79 Å². The molecule has 0 bridgehead atoms. The minimum Gasteiger partial charge on any atom is -0.340 e. The van der Waals surface area contributed by atoms with Crippen LogP contribution in [-0.2, 0) is 11.3 Å². The summed E-state index contributed by atoms with van der Waals surface area (Å²) in [7, 11) is 1.84. The van der Waals surface area contributed by atoms with Gasteiger partial charge >= 0.3 is 0 Å². The van der Waals surface area contributed by atoms with Crippen molar-refractivity contribution in [3.05, 3.63) is 29.8 Å². The topological polar surface area (TPSA) is 46.3 Å². The Morgan fingerprint density at radius 3 is 2.42 bits per heavy atom. The van der Waals surface area contributed by atoms with Gasteiger partial charge in [-0.25, -0.2) is 0 Å². The maximum absolute atomic E-state index is 12.4. The Morgan fingerprint density at radius 2 is 1.89 bits per heavy atom. The number of likely N-dealkylation sites (N-methyl/N-ethyl adjacent to an activating group) is 1. The molecule has 1 fully saturated rings. The molecule has 1 aliphatic rings. The number of nitrogens with zero attached hydrogens (tertiary/aromatic N) is 1. The third-order valence-corrected chi connectivity index (χ3v) is 4.59. The van der Waals surface area contributed by atoms with Crippen LogP contribution in [0.5, 0.6) is 0 Å². The Morgan fingerprint density at radius 1 is 1.32 bits per heavy atom. The molecule has 0 aromatic heterocycles. The molecule has 0 aliphatic heterocycles. The number of hydrogen-bond acceptors (Lipinski definition) is 3. The van der Waals surface area contributed by atoms with Crippen LogP contribution >= 0.6 is 11.8 Å². The molecule has 0 saturated heterocycles. The van der Waals surface area contributed by atoms with E-state index in [-0.39, 0.29) is 5.91 Å². The maximum atomic E-state index is 12.4. The molecule has 1 aromatic rings. The zero-order chi connectivity index (χ0) is 13.9. The monoisotopic (exact) mass is 278 g/mol. The lowest BCUT2D eigenvalue weighted by Gasteiger charge is -2.28. The second-order valence-corrected chi connectivity index (χ2v) is 6.25. The van der Waals surface area contributed by atoms with Crippen molar-refractivity contribution in [3.8, 4) is 0 Å². The molecule has 0 heterocycles. The number of hydrogen-bond donors (Lipinski definition) is 1. The molecule has 1 amide bonds. The molecule has 0 radical (unpaired) electrons. The van der Waals surface area contributed by atoms with Gasteiger partial charge in [0.15, 0.2) is 0 Å². The van der Waals surface area contributed by atoms with Crippen LogP contribution in [0.2, 0.25) is 0 Å². The molecule has 2 N–H and O–H groups in total. The van der Waals surface area contributed by atoms with Crippen molar-refractivity contribution in [1.82, 2.24) is 4.90 Å². The van der Waals surface area contributed by atoms with Crippen molar-refractivity contribution < 1.29 is 4.79 Å². The van der Waals surface area contributed by atoms with Gasteiger partial charge in [-0.3, -0.25) is 4.79 Å². The van der Waals surface area contributed by atoms with E-state index in [1.54, 1.807) is 16.7 Å². The van der Waals surface area contributed by atoms with Crippen molar-refractivity contribution in [3.63, 3.8) is 0 Å². The molecule has 0 atom stereocenters. The fourth-order valence-corrected chi connectivity index (χ4v) is 3.08. The molecule has 0 spiro atoms. The van der Waals surface area contributed by atoms with Crippen molar-refractivity contribution in [2.45, 2.75) is 42.7 Å². The van der Waals surface area contributed by atoms with E-state index in [2.05, 4.69) is 30.5 Å². The van der Waals surface area contributed by atoms with E-state index in [4.69, 9.17) is 5.73 Å². The molecule has 3 nitrogen and oxygen atoms in total. The average molecular weight is 278 g/mol. The number of carbonyl (C=O) groups is 1. The third kappa shape index (κ3) is 3.31. The average Bonchev–Trinajstić information content (AvgIpc) is 2.87. The number of thioether (sulfide) groups is 1. The number of nitrogens with two attached hydrogens (primary N) is 1. The van der Waals surface area contributed by atoms with Gasteiger partial charge in [0, 0.05) is 18.5 Å². The Balaban J connectivity index is 1.99. The highest BCUT2D eigenvalue weighted by atomic mass is 32.2. The van der Waals surface area contributed by atoms with Gasteiger partial charge in [0.05, 0.1) is 5.54 Å². The van der Waals surface area contributed by atoms with E-state index in [1.807, 2.05) is 7.05 Å². The SMILES string of the molecule is CSc1ccc(CN(C)C(=O)C2(N)CCCC2)cc1. The van der Waals surface area contributed by atoms with Crippen LogP contribution in [0.1, 0.15) is 31.2 Å². The summed E-state index contributed by atoms with van der Waals surface area (Å²) in [6.45, 7) is 0.631. The summed E-state index contributed by atoms with van der Waals surface area (Å²) < 4.78 is 0. The smallest absolute Gasteiger partial charge is 0.242 e. The zero-order valence-electron chi connectivity index (χ0n) is 11.7. The van der Waals surface area contributed by atoms with Crippen LogP contribution in [0.15, 0.2) is 29.2 Å². The zero-order valence-corrected chi connectivity index (χ0v) is 12.5. The van der Waals surface area contributed by atoms with E-state index < -0.39 is 5.54 Å². The molecule has 1 aromatic carbocycles. The van der Waals surface area contributed by atoms with Crippen LogP contribution in [0, 0.1) is 0 Å². The Bertz CT molecular complexity index is 438. The Labute approximate surface area is 119 Å². The van der Waals surface area contributed by atoms with Crippen molar-refractivity contribution in [1.29, 1.82) is 0 Å². The molecular formula is C15H22N2OS. The summed E-state index contributed by atoms with van der Waals surface area (Å²) in [5.74, 6) is 0.0824. The first-order chi connectivity index (χ1) is 9.05. The van der Waals surface area contributed by atoms with Gasteiger partial charge in [0.25, 0.3) is 0 Å². The molecule has 1 saturated carbocycles. The fourth-order valence-electron chi connectivity index (χ4n) is 2.68. The summed E-state index contributed by atoms with van der Waals surface area (Å²) in [6.07, 6.45) is 5.84. The lowest BCUT2D eigenvalue weighted by atomic mass is 9.97. The van der Waals surface area contributed by atoms with Crippen molar-refractivity contribution >= 4 is 17.7 Å². The van der Waals surface area contributed by atoms with Crippen LogP contribution in [0.3, 0.4) is 0 Å². The summed E-state index contributed by atoms with van der Waals surface area (Å²) in [5, 5.41) is 0. The van der Waals surface area contributed by atoms with E-state index >= 15 is 0 Å². The largest absolute Gasteiger partial charge is 0.340 e. The standard InChI is InChI=1S/C15H22N2OS/c1-17(14(18)15(16)9-3-4-10-15)11-12-5-7-13(19-2)8-6-12/h5-8H,3-4,9-11,16H2,1-2H3. The van der Waals surface area contributed by atoms with E-state index in [1.165, 1.54) is 4.90 Å². The van der Waals surface area contributed by atoms with Gasteiger partial charge in [-0.1, -0.05) is 25.0 Å². The van der Waals surface area contributed by atoms with Gasteiger partial charge in [-0.05, 0) is 36.8 Å². The highest BCUT2D eigenvalue weighted by molar-refractivity contribution is 7.98. The predicted octanol–water partition coefficient (Wildman–Crippen LogP) is 2.64. The van der Waals surface area contributed by atoms with E-state index in [0.717, 1.165) is 31.2 Å². The van der Waals surface area contributed by atoms with Crippen molar-refractivity contribution in [2.75, 3.05) is 13.3 Å².